The molecule has 0 saturated heterocycles. The van der Waals surface area contributed by atoms with E-state index in [1.807, 2.05) is 60.7 Å². The molecule has 28 heavy (non-hydrogen) atoms. The van der Waals surface area contributed by atoms with Gasteiger partial charge in [0.25, 0.3) is 5.91 Å². The molecule has 138 valence electrons. The second-order valence-electron chi connectivity index (χ2n) is 6.54. The van der Waals surface area contributed by atoms with Crippen molar-refractivity contribution in [3.63, 3.8) is 0 Å². The lowest BCUT2D eigenvalue weighted by Crippen LogP contribution is -2.31. The number of hydrogen-bond acceptors (Lipinski definition) is 4. The maximum Gasteiger partial charge on any atom is 0.267 e. The monoisotopic (exact) mass is 369 g/mol. The predicted molar refractivity (Wildman–Crippen MR) is 112 cm³/mol. The van der Waals surface area contributed by atoms with Crippen LogP contribution in [0.5, 0.6) is 0 Å². The number of imide groups is 1. The number of rotatable bonds is 3. The third-order valence-electron chi connectivity index (χ3n) is 4.62. The van der Waals surface area contributed by atoms with E-state index in [-0.39, 0.29) is 11.8 Å². The van der Waals surface area contributed by atoms with E-state index in [1.165, 1.54) is 11.8 Å². The standard InChI is InChI=1S/C23H19N3O2/c1-15(27)26-20-14-17(24)12-13-19(20)21(23(26)28)22(16-8-4-2-5-9-16)25-18-10-6-3-7-11-18/h2-14,25H,24H2,1H3/b22-21-. The number of amides is 2. The third kappa shape index (κ3) is 3.03. The number of para-hydroxylation sites is 1. The zero-order valence-corrected chi connectivity index (χ0v) is 15.3. The Hall–Kier alpha value is -3.86. The molecule has 4 rings (SSSR count). The Balaban J connectivity index is 1.98. The van der Waals surface area contributed by atoms with E-state index in [9.17, 15) is 9.59 Å². The van der Waals surface area contributed by atoms with Crippen LogP contribution in [-0.4, -0.2) is 11.8 Å². The van der Waals surface area contributed by atoms with E-state index in [0.717, 1.165) is 11.3 Å². The van der Waals surface area contributed by atoms with Gasteiger partial charge in [-0.2, -0.15) is 0 Å². The zero-order valence-electron chi connectivity index (χ0n) is 15.3. The Bertz CT molecular complexity index is 1090. The molecule has 1 aliphatic heterocycles. The molecule has 3 aromatic rings. The van der Waals surface area contributed by atoms with Gasteiger partial charge in [-0.05, 0) is 35.9 Å². The number of carbonyl (C=O) groups excluding carboxylic acids is 2. The average Bonchev–Trinajstić information content (AvgIpc) is 2.98. The summed E-state index contributed by atoms with van der Waals surface area (Å²) in [6, 6.07) is 24.4. The van der Waals surface area contributed by atoms with Crippen LogP contribution in [0, 0.1) is 0 Å². The number of nitrogens with one attached hydrogen (secondary N) is 1. The second-order valence-corrected chi connectivity index (χ2v) is 6.54. The van der Waals surface area contributed by atoms with Crippen LogP contribution >= 0.6 is 0 Å². The van der Waals surface area contributed by atoms with Crippen molar-refractivity contribution < 1.29 is 9.59 Å². The van der Waals surface area contributed by atoms with Crippen LogP contribution in [0.15, 0.2) is 78.9 Å². The first-order chi connectivity index (χ1) is 13.6. The number of carbonyl (C=O) groups is 2. The van der Waals surface area contributed by atoms with Gasteiger partial charge in [0.2, 0.25) is 5.91 Å². The highest BCUT2D eigenvalue weighted by atomic mass is 16.2. The molecular weight excluding hydrogens is 350 g/mol. The number of fused-ring (bicyclic) bond motifs is 1. The van der Waals surface area contributed by atoms with Crippen LogP contribution < -0.4 is 16.0 Å². The molecule has 0 atom stereocenters. The molecule has 0 radical (unpaired) electrons. The average molecular weight is 369 g/mol. The molecule has 3 N–H and O–H groups in total. The number of nitrogens with zero attached hydrogens (tertiary/aromatic N) is 1. The molecular formula is C23H19N3O2. The van der Waals surface area contributed by atoms with Crippen molar-refractivity contribution in [1.82, 2.24) is 0 Å². The van der Waals surface area contributed by atoms with E-state index in [2.05, 4.69) is 5.32 Å². The molecule has 0 aliphatic carbocycles. The largest absolute Gasteiger partial charge is 0.399 e. The summed E-state index contributed by atoms with van der Waals surface area (Å²) in [6.07, 6.45) is 0. The summed E-state index contributed by atoms with van der Waals surface area (Å²) in [7, 11) is 0. The van der Waals surface area contributed by atoms with E-state index in [1.54, 1.807) is 18.2 Å². The van der Waals surface area contributed by atoms with Crippen molar-refractivity contribution in [2.45, 2.75) is 6.92 Å². The molecule has 5 heteroatoms. The van der Waals surface area contributed by atoms with Crippen LogP contribution in [0.3, 0.4) is 0 Å². The van der Waals surface area contributed by atoms with Crippen molar-refractivity contribution in [2.75, 3.05) is 16.0 Å². The maximum atomic E-state index is 13.3. The minimum Gasteiger partial charge on any atom is -0.399 e. The summed E-state index contributed by atoms with van der Waals surface area (Å²) < 4.78 is 0. The highest BCUT2D eigenvalue weighted by Gasteiger charge is 2.37. The number of nitrogen functional groups attached to an aromatic ring is 1. The molecule has 0 aromatic heterocycles. The van der Waals surface area contributed by atoms with Crippen molar-refractivity contribution in [1.29, 1.82) is 0 Å². The van der Waals surface area contributed by atoms with E-state index in [0.29, 0.717) is 28.2 Å². The molecule has 1 heterocycles. The van der Waals surface area contributed by atoms with Crippen LogP contribution in [0.2, 0.25) is 0 Å². The summed E-state index contributed by atoms with van der Waals surface area (Å²) in [4.78, 5) is 26.7. The highest BCUT2D eigenvalue weighted by Crippen LogP contribution is 2.42. The first kappa shape index (κ1) is 17.5. The Labute approximate surface area is 163 Å². The zero-order chi connectivity index (χ0) is 19.7. The van der Waals surface area contributed by atoms with Gasteiger partial charge < -0.3 is 11.1 Å². The van der Waals surface area contributed by atoms with Gasteiger partial charge in [-0.3, -0.25) is 9.59 Å². The van der Waals surface area contributed by atoms with Gasteiger partial charge >= 0.3 is 0 Å². The normalized spacial score (nSPS) is 14.6. The molecule has 0 bridgehead atoms. The van der Waals surface area contributed by atoms with Gasteiger partial charge in [-0.1, -0.05) is 48.5 Å². The fourth-order valence-corrected chi connectivity index (χ4v) is 3.39. The second kappa shape index (κ2) is 7.04. The fraction of sp³-hybridized carbons (Fsp3) is 0.0435. The molecule has 0 spiro atoms. The van der Waals surface area contributed by atoms with Gasteiger partial charge in [0.15, 0.2) is 0 Å². The van der Waals surface area contributed by atoms with Crippen molar-refractivity contribution in [2.24, 2.45) is 0 Å². The number of benzene rings is 3. The van der Waals surface area contributed by atoms with Gasteiger partial charge in [-0.25, -0.2) is 4.90 Å². The van der Waals surface area contributed by atoms with Crippen molar-refractivity contribution >= 4 is 40.1 Å². The van der Waals surface area contributed by atoms with Crippen LogP contribution in [0.4, 0.5) is 17.1 Å². The van der Waals surface area contributed by atoms with Gasteiger partial charge in [0.05, 0.1) is 17.0 Å². The molecule has 0 unspecified atom stereocenters. The van der Waals surface area contributed by atoms with Crippen molar-refractivity contribution in [3.05, 3.63) is 90.0 Å². The molecule has 2 amide bonds. The predicted octanol–water partition coefficient (Wildman–Crippen LogP) is 4.14. The summed E-state index contributed by atoms with van der Waals surface area (Å²) in [6.45, 7) is 1.38. The molecule has 3 aromatic carbocycles. The maximum absolute atomic E-state index is 13.3. The summed E-state index contributed by atoms with van der Waals surface area (Å²) >= 11 is 0. The quantitative estimate of drug-likeness (QED) is 0.537. The van der Waals surface area contributed by atoms with Gasteiger partial charge in [-0.15, -0.1) is 0 Å². The van der Waals surface area contributed by atoms with Crippen LogP contribution in [0.25, 0.3) is 11.3 Å². The Morgan fingerprint density at radius 2 is 1.57 bits per heavy atom. The van der Waals surface area contributed by atoms with E-state index < -0.39 is 0 Å². The summed E-state index contributed by atoms with van der Waals surface area (Å²) in [5.74, 6) is -0.714. The first-order valence-electron chi connectivity index (χ1n) is 8.93. The van der Waals surface area contributed by atoms with E-state index in [4.69, 9.17) is 5.73 Å². The molecule has 1 aliphatic rings. The number of anilines is 3. The van der Waals surface area contributed by atoms with Gasteiger partial charge in [0, 0.05) is 23.9 Å². The lowest BCUT2D eigenvalue weighted by molar-refractivity contribution is -0.122. The van der Waals surface area contributed by atoms with Gasteiger partial charge in [0.1, 0.15) is 0 Å². The Morgan fingerprint density at radius 3 is 2.21 bits per heavy atom. The summed E-state index contributed by atoms with van der Waals surface area (Å²) in [5.41, 5.74) is 10.4. The fourth-order valence-electron chi connectivity index (χ4n) is 3.39. The third-order valence-corrected chi connectivity index (χ3v) is 4.62. The lowest BCUT2D eigenvalue weighted by Gasteiger charge is -2.15. The topological polar surface area (TPSA) is 75.4 Å². The first-order valence-corrected chi connectivity index (χ1v) is 8.93. The SMILES string of the molecule is CC(=O)N1C(=O)/C(=C(\Nc2ccccc2)c2ccccc2)c2ccc(N)cc21. The lowest BCUT2D eigenvalue weighted by atomic mass is 10.00. The smallest absolute Gasteiger partial charge is 0.267 e. The Morgan fingerprint density at radius 1 is 0.929 bits per heavy atom. The van der Waals surface area contributed by atoms with E-state index >= 15 is 0 Å². The molecule has 0 saturated carbocycles. The molecule has 5 nitrogen and oxygen atoms in total. The van der Waals surface area contributed by atoms with Crippen LogP contribution in [-0.2, 0) is 9.59 Å². The van der Waals surface area contributed by atoms with Crippen LogP contribution in [0.1, 0.15) is 18.1 Å². The minimum absolute atomic E-state index is 0.348. The summed E-state index contributed by atoms with van der Waals surface area (Å²) in [5, 5.41) is 3.37. The number of hydrogen-bond donors (Lipinski definition) is 2. The molecule has 0 fully saturated rings. The Kier molecular flexibility index (Phi) is 4.41. The minimum atomic E-state index is -0.365. The highest BCUT2D eigenvalue weighted by molar-refractivity contribution is 6.43. The van der Waals surface area contributed by atoms with Crippen molar-refractivity contribution in [3.8, 4) is 0 Å². The number of nitrogens with two attached hydrogens (primary N) is 1.